The van der Waals surface area contributed by atoms with E-state index in [1.54, 1.807) is 12.1 Å². The fourth-order valence-corrected chi connectivity index (χ4v) is 2.59. The fraction of sp³-hybridized carbons (Fsp3) is 0.286. The molecule has 6 nitrogen and oxygen atoms in total. The monoisotopic (exact) mass is 369 g/mol. The molecule has 142 valence electrons. The highest BCUT2D eigenvalue weighted by atomic mass is 16.6. The Morgan fingerprint density at radius 3 is 2.33 bits per heavy atom. The van der Waals surface area contributed by atoms with E-state index >= 15 is 0 Å². The third kappa shape index (κ3) is 6.26. The first kappa shape index (κ1) is 20.2. The maximum absolute atomic E-state index is 12.4. The van der Waals surface area contributed by atoms with E-state index in [9.17, 15) is 14.4 Å². The van der Waals surface area contributed by atoms with E-state index in [4.69, 9.17) is 9.47 Å². The minimum atomic E-state index is -0.953. The molecule has 0 saturated carbocycles. The summed E-state index contributed by atoms with van der Waals surface area (Å²) in [6, 6.07) is 15.5. The number of methoxy groups -OCH3 is 1. The minimum Gasteiger partial charge on any atom is -0.467 e. The summed E-state index contributed by atoms with van der Waals surface area (Å²) < 4.78 is 9.84. The van der Waals surface area contributed by atoms with Gasteiger partial charge in [0.05, 0.1) is 7.11 Å². The van der Waals surface area contributed by atoms with Crippen LogP contribution in [0.4, 0.5) is 4.79 Å². The lowest BCUT2D eigenvalue weighted by molar-refractivity contribution is -0.143. The molecule has 0 aliphatic carbocycles. The van der Waals surface area contributed by atoms with Gasteiger partial charge in [0.2, 0.25) is 0 Å². The molecule has 0 heterocycles. The summed E-state index contributed by atoms with van der Waals surface area (Å²) in [4.78, 5) is 36.3. The number of hydrogen-bond acceptors (Lipinski definition) is 5. The number of benzene rings is 2. The van der Waals surface area contributed by atoms with Crippen LogP contribution in [0.1, 0.15) is 34.3 Å². The maximum Gasteiger partial charge on any atom is 0.408 e. The molecule has 0 aromatic heterocycles. The summed E-state index contributed by atoms with van der Waals surface area (Å²) in [5.41, 5.74) is 2.30. The molecule has 1 N–H and O–H groups in total. The molecule has 6 heteroatoms. The number of ether oxygens (including phenoxy) is 2. The quantitative estimate of drug-likeness (QED) is 0.569. The highest BCUT2D eigenvalue weighted by Crippen LogP contribution is 2.12. The first-order valence-electron chi connectivity index (χ1n) is 8.65. The van der Waals surface area contributed by atoms with Crippen LogP contribution in [-0.2, 0) is 20.9 Å². The zero-order valence-electron chi connectivity index (χ0n) is 15.4. The van der Waals surface area contributed by atoms with E-state index in [2.05, 4.69) is 5.32 Å². The zero-order chi connectivity index (χ0) is 19.6. The Bertz CT molecular complexity index is 788. The van der Waals surface area contributed by atoms with E-state index in [1.807, 2.05) is 49.4 Å². The normalized spacial score (nSPS) is 11.3. The van der Waals surface area contributed by atoms with Crippen molar-refractivity contribution in [1.82, 2.24) is 5.32 Å². The smallest absolute Gasteiger partial charge is 0.408 e. The summed E-state index contributed by atoms with van der Waals surface area (Å²) >= 11 is 0. The molecule has 0 fully saturated rings. The Morgan fingerprint density at radius 2 is 1.67 bits per heavy atom. The van der Waals surface area contributed by atoms with Crippen LogP contribution in [-0.4, -0.2) is 31.0 Å². The molecule has 0 aliphatic heterocycles. The zero-order valence-corrected chi connectivity index (χ0v) is 15.4. The van der Waals surface area contributed by atoms with Gasteiger partial charge in [-0.1, -0.05) is 54.6 Å². The molecule has 1 atom stereocenters. The molecular weight excluding hydrogens is 346 g/mol. The molecule has 0 aliphatic rings. The lowest BCUT2D eigenvalue weighted by Crippen LogP contribution is -2.42. The van der Waals surface area contributed by atoms with Gasteiger partial charge < -0.3 is 14.8 Å². The Hall–Kier alpha value is -3.15. The molecule has 2 rings (SSSR count). The number of carbonyl (C=O) groups excluding carboxylic acids is 3. The molecule has 0 saturated heterocycles. The number of carbonyl (C=O) groups is 3. The lowest BCUT2D eigenvalue weighted by atomic mass is 9.99. The average Bonchev–Trinajstić information content (AvgIpc) is 2.69. The van der Waals surface area contributed by atoms with Crippen LogP contribution in [0.15, 0.2) is 54.6 Å². The largest absolute Gasteiger partial charge is 0.467 e. The van der Waals surface area contributed by atoms with Gasteiger partial charge >= 0.3 is 12.1 Å². The Kier molecular flexibility index (Phi) is 7.55. The van der Waals surface area contributed by atoms with Crippen LogP contribution in [0.25, 0.3) is 0 Å². The SMILES string of the molecule is COC(=O)C(CCC(=O)c1ccccc1C)NC(=O)OCc1ccccc1. The van der Waals surface area contributed by atoms with Crippen molar-refractivity contribution < 1.29 is 23.9 Å². The second kappa shape index (κ2) is 10.1. The van der Waals surface area contributed by atoms with Gasteiger partial charge in [-0.3, -0.25) is 4.79 Å². The number of Topliss-reactive ketones (excluding diaryl/α,β-unsaturated/α-hetero) is 1. The summed E-state index contributed by atoms with van der Waals surface area (Å²) in [6.45, 7) is 1.94. The Morgan fingerprint density at radius 1 is 1.00 bits per heavy atom. The maximum atomic E-state index is 12.4. The minimum absolute atomic E-state index is 0.0860. The second-order valence-electron chi connectivity index (χ2n) is 6.06. The third-order valence-electron chi connectivity index (χ3n) is 4.10. The van der Waals surface area contributed by atoms with Crippen molar-refractivity contribution in [2.75, 3.05) is 7.11 Å². The molecule has 0 bridgehead atoms. The first-order valence-corrected chi connectivity index (χ1v) is 8.65. The van der Waals surface area contributed by atoms with Gasteiger partial charge in [0.25, 0.3) is 0 Å². The fourth-order valence-electron chi connectivity index (χ4n) is 2.59. The van der Waals surface area contributed by atoms with Crippen LogP contribution in [0, 0.1) is 6.92 Å². The summed E-state index contributed by atoms with van der Waals surface area (Å²) in [5.74, 6) is -0.717. The van der Waals surface area contributed by atoms with Crippen LogP contribution in [0.3, 0.4) is 0 Å². The number of aryl methyl sites for hydroxylation is 1. The van der Waals surface area contributed by atoms with Crippen LogP contribution in [0.2, 0.25) is 0 Å². The van der Waals surface area contributed by atoms with Gasteiger partial charge in [-0.25, -0.2) is 9.59 Å². The first-order chi connectivity index (χ1) is 13.0. The topological polar surface area (TPSA) is 81.7 Å². The van der Waals surface area contributed by atoms with E-state index in [0.717, 1.165) is 11.1 Å². The molecule has 27 heavy (non-hydrogen) atoms. The summed E-state index contributed by atoms with van der Waals surface area (Å²) in [7, 11) is 1.23. The second-order valence-corrected chi connectivity index (χ2v) is 6.06. The van der Waals surface area contributed by atoms with Gasteiger partial charge in [0.1, 0.15) is 12.6 Å². The van der Waals surface area contributed by atoms with Crippen molar-refractivity contribution in [3.63, 3.8) is 0 Å². The molecule has 2 aromatic carbocycles. The number of hydrogen-bond donors (Lipinski definition) is 1. The highest BCUT2D eigenvalue weighted by Gasteiger charge is 2.23. The van der Waals surface area contributed by atoms with Crippen LogP contribution < -0.4 is 5.32 Å². The lowest BCUT2D eigenvalue weighted by Gasteiger charge is -2.16. The van der Waals surface area contributed by atoms with Gasteiger partial charge in [0.15, 0.2) is 5.78 Å². The predicted octanol–water partition coefficient (Wildman–Crippen LogP) is 3.43. The average molecular weight is 369 g/mol. The number of amides is 1. The molecular formula is C21H23NO5. The van der Waals surface area contributed by atoms with E-state index in [0.29, 0.717) is 5.56 Å². The van der Waals surface area contributed by atoms with Crippen molar-refractivity contribution in [3.8, 4) is 0 Å². The van der Waals surface area contributed by atoms with Crippen molar-refractivity contribution in [2.24, 2.45) is 0 Å². The number of rotatable bonds is 8. The molecule has 1 unspecified atom stereocenters. The van der Waals surface area contributed by atoms with Gasteiger partial charge in [-0.2, -0.15) is 0 Å². The van der Waals surface area contributed by atoms with Gasteiger partial charge in [-0.15, -0.1) is 0 Å². The van der Waals surface area contributed by atoms with Crippen molar-refractivity contribution >= 4 is 17.8 Å². The standard InChI is InChI=1S/C21H23NO5/c1-15-8-6-7-11-17(15)19(23)13-12-18(20(24)26-2)22-21(25)27-14-16-9-4-3-5-10-16/h3-11,18H,12-14H2,1-2H3,(H,22,25). The van der Waals surface area contributed by atoms with Crippen molar-refractivity contribution in [1.29, 1.82) is 0 Å². The number of esters is 1. The van der Waals surface area contributed by atoms with Crippen molar-refractivity contribution in [3.05, 3.63) is 71.3 Å². The van der Waals surface area contributed by atoms with E-state index in [1.165, 1.54) is 7.11 Å². The Labute approximate surface area is 158 Å². The number of ketones is 1. The number of nitrogens with one attached hydrogen (secondary N) is 1. The molecule has 2 aromatic rings. The van der Waals surface area contributed by atoms with Crippen molar-refractivity contribution in [2.45, 2.75) is 32.4 Å². The summed E-state index contributed by atoms with van der Waals surface area (Å²) in [5, 5.41) is 2.47. The number of alkyl carbamates (subject to hydrolysis) is 1. The van der Waals surface area contributed by atoms with Crippen LogP contribution >= 0.6 is 0 Å². The summed E-state index contributed by atoms with van der Waals surface area (Å²) in [6.07, 6.45) is -0.512. The molecule has 0 spiro atoms. The van der Waals surface area contributed by atoms with Gasteiger partial charge in [-0.05, 0) is 24.5 Å². The van der Waals surface area contributed by atoms with E-state index < -0.39 is 18.1 Å². The Balaban J connectivity index is 1.90. The van der Waals surface area contributed by atoms with E-state index in [-0.39, 0.29) is 25.2 Å². The highest BCUT2D eigenvalue weighted by molar-refractivity contribution is 5.97. The predicted molar refractivity (Wildman–Crippen MR) is 100 cm³/mol. The van der Waals surface area contributed by atoms with Gasteiger partial charge in [0, 0.05) is 12.0 Å². The van der Waals surface area contributed by atoms with Crippen LogP contribution in [0.5, 0.6) is 0 Å². The molecule has 0 radical (unpaired) electrons. The third-order valence-corrected chi connectivity index (χ3v) is 4.10. The molecule has 1 amide bonds.